The van der Waals surface area contributed by atoms with Gasteiger partial charge in [0.2, 0.25) is 5.95 Å². The second-order valence-electron chi connectivity index (χ2n) is 31.7. The lowest BCUT2D eigenvalue weighted by Gasteiger charge is -2.08. The van der Waals surface area contributed by atoms with Gasteiger partial charge >= 0.3 is 0 Å². The Labute approximate surface area is 886 Å². The number of thiazole rings is 5. The molecule has 0 saturated heterocycles. The van der Waals surface area contributed by atoms with Crippen molar-refractivity contribution in [1.82, 2.24) is 103 Å². The SMILES string of the molecule is CCOCCS(=O)c1sc2nc(-c3nccs3)cc(-c3cnc(C)n3C)c2c1N.COCCS(=O)c1sc2nc(-c3nc(F)cs3)cc(-c3cnc(C)n3C)c2c1N.COCCS(=O)c1sc2nc(-c3ncc(C(N)=O)s3)cc(-c3cnc(C)n3C)c2c1N.COCCS(=O)c1sc2nc(-c3ncc(F)s3)cc(-c3cnc(C)n3C)c2c1N.COCCS(=O)c1sc2nc(-c3nccs3)nc(-c3cnc(C)n3C)c2c1N. The van der Waals surface area contributed by atoms with E-state index in [9.17, 15) is 34.6 Å². The van der Waals surface area contributed by atoms with E-state index in [1.165, 1.54) is 120 Å². The number of halogens is 2. The average Bonchev–Trinajstić information content (AvgIpc) is 1.61. The predicted molar refractivity (Wildman–Crippen MR) is 587 cm³/mol. The van der Waals surface area contributed by atoms with Gasteiger partial charge in [0.15, 0.2) is 16.0 Å². The molecule has 0 spiro atoms. The summed E-state index contributed by atoms with van der Waals surface area (Å²) in [5, 5.41) is 11.5. The molecule has 38 nitrogen and oxygen atoms in total. The van der Waals surface area contributed by atoms with Gasteiger partial charge < -0.3 is 80.9 Å². The van der Waals surface area contributed by atoms with E-state index in [1.807, 2.05) is 141 Å². The van der Waals surface area contributed by atoms with Crippen LogP contribution in [0.25, 0.3) is 161 Å². The normalized spacial score (nSPS) is 12.6. The minimum absolute atomic E-state index is 0.342. The number of hydrogen-bond donors (Lipinski definition) is 6. The zero-order valence-electron chi connectivity index (χ0n) is 80.7. The zero-order chi connectivity index (χ0) is 104. The fraction of sp³-hybridized carbons (Fsp3) is 0.286. The molecule has 20 rings (SSSR count). The molecule has 0 aromatic carbocycles. The molecular weight excluding hydrogens is 2170 g/mol. The number of amides is 1. The number of primary amides is 1. The summed E-state index contributed by atoms with van der Waals surface area (Å²) in [6, 6.07) is 7.53. The smallest absolute Gasteiger partial charge is 0.260 e. The van der Waals surface area contributed by atoms with Crippen molar-refractivity contribution in [3.8, 4) is 110 Å². The molecule has 20 aromatic heterocycles. The van der Waals surface area contributed by atoms with Crippen LogP contribution in [-0.4, -0.2) is 226 Å². The highest BCUT2D eigenvalue weighted by molar-refractivity contribution is 7.89. The number of pyridine rings is 4. The standard InChI is InChI=1S/C19H20N6O3S3.C19H21N5O2S3.2C18H18FN5O2S3.C17H18N6O2S3/c1-9-22-7-12(25(9)2)10-6-11(17-23-8-13(29-17)16(21)26)24-18-14(10)15(20)19(30-18)31(27)5-4-28-3;1-4-26-6-8-29(25)19-16(20)15-12(14-10-22-11(2)24(14)3)9-13(23-18(15)28-19)17-21-5-7-27-17;1-9-21-7-12(24(9)2)10-6-11(16-23-13(19)8-27-16)22-17-14(10)15(20)18(28-17)29(25)5-4-26-3;1-9-21-7-12(24(9)2)10-6-11(16-22-8-13(19)27-16)23-17-14(10)15(20)18(28-17)29(25)5-4-26-3;1-9-20-8-10(23(9)2)13-11-12(18)17(28(24)7-5-25-3)27-15(11)22-14(21-13)16-19-4-6-26-16/h6-8H,4-5,20H2,1-3H3,(H2,21,26);5,7,9-10H,4,6,8,20H2,1-3H3;2*6-8H,4-5,20H2,1-3H3;4,6,8H,5,7,18H2,1-3H3. The molecule has 0 aliphatic rings. The van der Waals surface area contributed by atoms with Gasteiger partial charge in [0.1, 0.15) is 128 Å². The maximum atomic E-state index is 13.6. The van der Waals surface area contributed by atoms with Gasteiger partial charge in [-0.3, -0.25) is 25.8 Å². The first-order valence-electron chi connectivity index (χ1n) is 43.8. The van der Waals surface area contributed by atoms with E-state index in [1.54, 1.807) is 65.6 Å². The summed E-state index contributed by atoms with van der Waals surface area (Å²) >= 11 is 12.8. The quantitative estimate of drug-likeness (QED) is 0.0213. The van der Waals surface area contributed by atoms with Crippen molar-refractivity contribution in [3.63, 3.8) is 0 Å². The van der Waals surface area contributed by atoms with Gasteiger partial charge in [-0.15, -0.1) is 102 Å². The topological polar surface area (TPSA) is 536 Å². The molecule has 20 aromatic rings. The van der Waals surface area contributed by atoms with Crippen LogP contribution in [0, 0.1) is 45.7 Å². The van der Waals surface area contributed by atoms with Crippen molar-refractivity contribution in [2.24, 2.45) is 41.0 Å². The highest BCUT2D eigenvalue weighted by Gasteiger charge is 2.32. The first kappa shape index (κ1) is 107. The number of hydrogen-bond acceptors (Lipinski definition) is 42. The number of carbonyl (C=O) groups excluding carboxylic acids is 1. The molecule has 0 aliphatic heterocycles. The molecule has 0 bridgehead atoms. The van der Waals surface area contributed by atoms with Gasteiger partial charge in [-0.2, -0.15) is 8.78 Å². The number of aromatic nitrogens is 21. The lowest BCUT2D eigenvalue weighted by atomic mass is 10.1. The molecule has 1 amide bonds. The molecule has 55 heteroatoms. The molecule has 146 heavy (non-hydrogen) atoms. The lowest BCUT2D eigenvalue weighted by molar-refractivity contribution is 0.100. The van der Waals surface area contributed by atoms with Gasteiger partial charge in [-0.05, 0) is 65.8 Å². The van der Waals surface area contributed by atoms with Crippen LogP contribution in [0.2, 0.25) is 0 Å². The van der Waals surface area contributed by atoms with E-state index in [0.29, 0.717) is 191 Å². The summed E-state index contributed by atoms with van der Waals surface area (Å²) in [6.07, 6.45) is 15.0. The van der Waals surface area contributed by atoms with Crippen LogP contribution in [0.4, 0.5) is 37.2 Å². The highest BCUT2D eigenvalue weighted by atomic mass is 32.2. The molecule has 764 valence electrons. The van der Waals surface area contributed by atoms with Gasteiger partial charge in [0.25, 0.3) is 5.91 Å². The van der Waals surface area contributed by atoms with E-state index in [2.05, 4.69) is 64.8 Å². The molecule has 12 N–H and O–H groups in total. The number of nitrogen functional groups attached to an aromatic ring is 5. The Morgan fingerprint density at radius 1 is 0.363 bits per heavy atom. The Kier molecular flexibility index (Phi) is 34.5. The Balaban J connectivity index is 0.000000131. The summed E-state index contributed by atoms with van der Waals surface area (Å²) in [7, 11) is 9.47. The third-order valence-corrected chi connectivity index (χ3v) is 41.4. The number of methoxy groups -OCH3 is 4. The number of thiophene rings is 5. The summed E-state index contributed by atoms with van der Waals surface area (Å²) in [5.41, 5.74) is 50.6. The van der Waals surface area contributed by atoms with Crippen molar-refractivity contribution in [2.75, 3.05) is 126 Å². The second kappa shape index (κ2) is 47.0. The average molecular weight is 2260 g/mol. The number of aryl methyl sites for hydroxylation is 5. The van der Waals surface area contributed by atoms with Crippen molar-refractivity contribution in [1.29, 1.82) is 0 Å². The number of ether oxygens (including phenoxy) is 5. The lowest BCUT2D eigenvalue weighted by Crippen LogP contribution is -2.08. The van der Waals surface area contributed by atoms with Gasteiger partial charge in [-0.1, -0.05) is 11.3 Å². The van der Waals surface area contributed by atoms with Crippen LogP contribution in [0.1, 0.15) is 45.7 Å². The molecule has 0 saturated carbocycles. The van der Waals surface area contributed by atoms with Crippen molar-refractivity contribution >= 4 is 253 Å². The largest absolute Gasteiger partial charge is 0.396 e. The Morgan fingerprint density at radius 2 is 0.685 bits per heavy atom. The summed E-state index contributed by atoms with van der Waals surface area (Å²) in [5.74, 6) is 5.52. The first-order valence-corrected chi connectivity index (χ1v) is 58.8. The number of fused-ring (bicyclic) bond motifs is 5. The molecule has 20 heterocycles. The number of nitrogens with zero attached hydrogens (tertiary/aromatic N) is 21. The van der Waals surface area contributed by atoms with Crippen LogP contribution in [0.3, 0.4) is 0 Å². The van der Waals surface area contributed by atoms with Crippen LogP contribution in [-0.2, 0) is 113 Å². The predicted octanol–water partition coefficient (Wildman–Crippen LogP) is 16.5. The van der Waals surface area contributed by atoms with Gasteiger partial charge in [0.05, 0.1) is 221 Å². The van der Waals surface area contributed by atoms with E-state index in [4.69, 9.17) is 73.0 Å². The van der Waals surface area contributed by atoms with Crippen molar-refractivity contribution in [3.05, 3.63) is 141 Å². The van der Waals surface area contributed by atoms with Crippen molar-refractivity contribution < 1.29 is 58.3 Å². The second-order valence-corrected chi connectivity index (χ2v) is 50.2. The van der Waals surface area contributed by atoms with Crippen LogP contribution in [0.5, 0.6) is 0 Å². The van der Waals surface area contributed by atoms with Crippen LogP contribution in [0.15, 0.2) is 117 Å². The first-order chi connectivity index (χ1) is 70.1. The Morgan fingerprint density at radius 3 is 0.986 bits per heavy atom. The van der Waals surface area contributed by atoms with E-state index < -0.39 is 65.9 Å². The zero-order valence-corrected chi connectivity index (χ0v) is 93.0. The van der Waals surface area contributed by atoms with Gasteiger partial charge in [0, 0.05) is 143 Å². The molecule has 0 aliphatic carbocycles. The Bertz CT molecular complexity index is 8160. The molecule has 0 fully saturated rings. The van der Waals surface area contributed by atoms with Crippen LogP contribution < -0.4 is 34.4 Å². The Hall–Kier alpha value is -11.4. The summed E-state index contributed by atoms with van der Waals surface area (Å²) in [4.78, 5) is 86.5. The monoisotopic (exact) mass is 2260 g/mol. The molecule has 5 atom stereocenters. The molecule has 5 unspecified atom stereocenters. The fourth-order valence-corrected chi connectivity index (χ4v) is 30.7. The van der Waals surface area contributed by atoms with E-state index >= 15 is 0 Å². The fourth-order valence-electron chi connectivity index (χ4n) is 14.8. The minimum Gasteiger partial charge on any atom is -0.396 e. The summed E-state index contributed by atoms with van der Waals surface area (Å²) < 4.78 is 129. The maximum absolute atomic E-state index is 13.6. The maximum Gasteiger partial charge on any atom is 0.260 e. The number of nitrogens with two attached hydrogens (primary N) is 6. The molecular formula is C91H95F2N27O11S15. The third kappa shape index (κ3) is 22.5. The van der Waals surface area contributed by atoms with Gasteiger partial charge in [-0.25, -0.2) is 79.7 Å². The number of anilines is 5. The number of imidazole rings is 5. The number of carbonyl (C=O) groups is 1. The third-order valence-electron chi connectivity index (χ3n) is 22.8. The molecule has 0 radical (unpaired) electrons. The van der Waals surface area contributed by atoms with Crippen molar-refractivity contribution in [2.45, 2.75) is 62.6 Å². The van der Waals surface area contributed by atoms with E-state index in [0.717, 1.165) is 133 Å². The summed E-state index contributed by atoms with van der Waals surface area (Å²) in [6.45, 7) is 14.0. The van der Waals surface area contributed by atoms with E-state index in [-0.39, 0.29) is 5.13 Å². The highest BCUT2D eigenvalue weighted by Crippen LogP contribution is 2.50. The minimum atomic E-state index is -1.31. The number of rotatable bonds is 32. The van der Waals surface area contributed by atoms with Crippen LogP contribution >= 0.6 is 113 Å².